The fourth-order valence-electron chi connectivity index (χ4n) is 1.71. The topological polar surface area (TPSA) is 49.9 Å². The predicted octanol–water partition coefficient (Wildman–Crippen LogP) is 3.13. The van der Waals surface area contributed by atoms with Gasteiger partial charge in [0, 0.05) is 17.0 Å². The van der Waals surface area contributed by atoms with E-state index in [1.807, 2.05) is 0 Å². The van der Waals surface area contributed by atoms with Gasteiger partial charge in [-0.15, -0.1) is 0 Å². The van der Waals surface area contributed by atoms with Gasteiger partial charge >= 0.3 is 0 Å². The molecule has 90 valence electrons. The van der Waals surface area contributed by atoms with Crippen LogP contribution in [0.1, 0.15) is 18.4 Å². The van der Waals surface area contributed by atoms with Crippen LogP contribution in [-0.2, 0) is 0 Å². The molecule has 0 aromatic heterocycles. The molecule has 3 N–H and O–H groups in total. The van der Waals surface area contributed by atoms with Crippen LogP contribution >= 0.6 is 0 Å². The second-order valence-corrected chi connectivity index (χ2v) is 4.13. The Labute approximate surface area is 106 Å². The van der Waals surface area contributed by atoms with E-state index >= 15 is 0 Å². The van der Waals surface area contributed by atoms with Crippen molar-refractivity contribution >= 4 is 5.84 Å². The molecule has 0 fully saturated rings. The monoisotopic (exact) mass is 240 g/mol. The highest BCUT2D eigenvalue weighted by Gasteiger charge is 2.12. The molecule has 0 heterocycles. The van der Waals surface area contributed by atoms with Crippen molar-refractivity contribution in [3.8, 4) is 11.1 Å². The summed E-state index contributed by atoms with van der Waals surface area (Å²) in [4.78, 5) is 0. The quantitative estimate of drug-likeness (QED) is 0.628. The van der Waals surface area contributed by atoms with E-state index in [0.717, 1.165) is 0 Å². The number of nitrogens with two attached hydrogens (primary N) is 1. The van der Waals surface area contributed by atoms with Crippen molar-refractivity contribution in [2.45, 2.75) is 12.8 Å². The first-order valence-corrected chi connectivity index (χ1v) is 5.61. The van der Waals surface area contributed by atoms with Gasteiger partial charge in [-0.2, -0.15) is 0 Å². The molecule has 0 saturated heterocycles. The van der Waals surface area contributed by atoms with Crippen LogP contribution < -0.4 is 5.73 Å². The summed E-state index contributed by atoms with van der Waals surface area (Å²) < 4.78 is 14.0. The van der Waals surface area contributed by atoms with Crippen LogP contribution in [0.3, 0.4) is 0 Å². The average Bonchev–Trinajstić information content (AvgIpc) is 2.38. The maximum Gasteiger partial charge on any atom is 0.131 e. The molecule has 0 saturated carbocycles. The number of hydrogen-bond acceptors (Lipinski definition) is 1. The normalized spacial score (nSPS) is 11.7. The largest absolute Gasteiger partial charge is 0.387 e. The van der Waals surface area contributed by atoms with E-state index in [-0.39, 0.29) is 17.6 Å². The Bertz CT molecular complexity index is 564. The van der Waals surface area contributed by atoms with Crippen LogP contribution in [-0.4, -0.2) is 5.84 Å². The van der Waals surface area contributed by atoms with Crippen LogP contribution in [0.2, 0.25) is 0 Å². The Hall–Kier alpha value is -2.34. The van der Waals surface area contributed by atoms with Gasteiger partial charge in [0.25, 0.3) is 0 Å². The summed E-state index contributed by atoms with van der Waals surface area (Å²) in [5.41, 5.74) is 7.26. The lowest BCUT2D eigenvalue weighted by atomic mass is 9.97. The molecule has 0 spiro atoms. The van der Waals surface area contributed by atoms with Gasteiger partial charge in [-0.25, -0.2) is 4.39 Å². The minimum absolute atomic E-state index is 0.0294. The second-order valence-electron chi connectivity index (χ2n) is 4.13. The van der Waals surface area contributed by atoms with Gasteiger partial charge in [-0.05, 0) is 23.8 Å². The van der Waals surface area contributed by atoms with Crippen molar-refractivity contribution in [3.05, 3.63) is 59.9 Å². The van der Waals surface area contributed by atoms with Crippen LogP contribution in [0.25, 0.3) is 11.1 Å². The van der Waals surface area contributed by atoms with Crippen LogP contribution in [0.4, 0.5) is 4.39 Å². The van der Waals surface area contributed by atoms with Gasteiger partial charge in [0.2, 0.25) is 0 Å². The summed E-state index contributed by atoms with van der Waals surface area (Å²) in [6.45, 7) is 1.78. The number of nitrogens with one attached hydrogen (secondary N) is 1. The molecular formula is C15H13FN2. The third-order valence-electron chi connectivity index (χ3n) is 2.90. The van der Waals surface area contributed by atoms with Crippen molar-refractivity contribution in [2.24, 2.45) is 5.73 Å². The Morgan fingerprint density at radius 2 is 2.17 bits per heavy atom. The number of halogens is 1. The summed E-state index contributed by atoms with van der Waals surface area (Å²) >= 11 is 0. The summed E-state index contributed by atoms with van der Waals surface area (Å²) in [5.74, 6) is -0.585. The summed E-state index contributed by atoms with van der Waals surface area (Å²) in [6, 6.07) is 15.8. The standard InChI is InChI=1S/C15H13FN2/c1-10(15(17)18)12-7-8-13(14(16)9-12)11-5-3-2-4-6-11/h2-3,5,7-10H,1H3,(H3,17,18). The zero-order chi connectivity index (χ0) is 13.1. The molecule has 2 aromatic carbocycles. The Morgan fingerprint density at radius 3 is 2.72 bits per heavy atom. The van der Waals surface area contributed by atoms with E-state index in [0.29, 0.717) is 16.7 Å². The third kappa shape index (κ3) is 2.33. The minimum atomic E-state index is -0.337. The maximum absolute atomic E-state index is 14.0. The van der Waals surface area contributed by atoms with Crippen LogP contribution in [0.5, 0.6) is 0 Å². The second kappa shape index (κ2) is 4.89. The highest BCUT2D eigenvalue weighted by molar-refractivity contribution is 5.84. The van der Waals surface area contributed by atoms with Gasteiger partial charge < -0.3 is 5.73 Å². The van der Waals surface area contributed by atoms with Crippen LogP contribution in [0.15, 0.2) is 36.4 Å². The van der Waals surface area contributed by atoms with Gasteiger partial charge in [0.15, 0.2) is 0 Å². The molecule has 0 aliphatic carbocycles. The van der Waals surface area contributed by atoms with E-state index in [2.05, 4.69) is 12.1 Å². The molecule has 0 radical (unpaired) electrons. The van der Waals surface area contributed by atoms with E-state index < -0.39 is 0 Å². The highest BCUT2D eigenvalue weighted by Crippen LogP contribution is 2.25. The minimum Gasteiger partial charge on any atom is -0.387 e. The van der Waals surface area contributed by atoms with Gasteiger partial charge in [-0.1, -0.05) is 37.3 Å². The SMILES string of the molecule is CC(C(=N)N)c1ccc(-c2c#cccc2)c(F)c1. The number of amidine groups is 1. The first-order valence-electron chi connectivity index (χ1n) is 5.61. The molecule has 18 heavy (non-hydrogen) atoms. The number of rotatable bonds is 3. The summed E-state index contributed by atoms with van der Waals surface area (Å²) in [7, 11) is 0. The molecule has 2 aromatic rings. The molecule has 0 amide bonds. The van der Waals surface area contributed by atoms with Crippen molar-refractivity contribution in [1.82, 2.24) is 0 Å². The van der Waals surface area contributed by atoms with E-state index in [1.54, 1.807) is 37.3 Å². The lowest BCUT2D eigenvalue weighted by Crippen LogP contribution is -2.17. The highest BCUT2D eigenvalue weighted by atomic mass is 19.1. The van der Waals surface area contributed by atoms with Gasteiger partial charge in [-0.3, -0.25) is 5.41 Å². The molecular weight excluding hydrogens is 227 g/mol. The van der Waals surface area contributed by atoms with Crippen molar-refractivity contribution in [3.63, 3.8) is 0 Å². The third-order valence-corrected chi connectivity index (χ3v) is 2.90. The molecule has 0 bridgehead atoms. The maximum atomic E-state index is 14.0. The first kappa shape index (κ1) is 12.1. The number of hydrogen-bond donors (Lipinski definition) is 2. The molecule has 2 rings (SSSR count). The zero-order valence-electron chi connectivity index (χ0n) is 10.00. The molecule has 1 atom stereocenters. The van der Waals surface area contributed by atoms with Crippen molar-refractivity contribution in [2.75, 3.05) is 0 Å². The average molecular weight is 240 g/mol. The Balaban J connectivity index is 2.40. The molecule has 1 unspecified atom stereocenters. The summed E-state index contributed by atoms with van der Waals surface area (Å²) in [5, 5.41) is 7.37. The van der Waals surface area contributed by atoms with E-state index in [9.17, 15) is 4.39 Å². The van der Waals surface area contributed by atoms with E-state index in [4.69, 9.17) is 11.1 Å². The lowest BCUT2D eigenvalue weighted by Gasteiger charge is -2.11. The predicted molar refractivity (Wildman–Crippen MR) is 69.8 cm³/mol. The Kier molecular flexibility index (Phi) is 3.29. The molecule has 3 heteroatoms. The summed E-state index contributed by atoms with van der Waals surface area (Å²) in [6.07, 6.45) is 0. The fraction of sp³-hybridized carbons (Fsp3) is 0.133. The molecule has 0 aliphatic heterocycles. The van der Waals surface area contributed by atoms with Gasteiger partial charge in [0.1, 0.15) is 5.82 Å². The zero-order valence-corrected chi connectivity index (χ0v) is 10.00. The van der Waals surface area contributed by atoms with E-state index in [1.165, 1.54) is 6.07 Å². The molecule has 0 aliphatic rings. The Morgan fingerprint density at radius 1 is 1.39 bits per heavy atom. The molecule has 2 nitrogen and oxygen atoms in total. The smallest absolute Gasteiger partial charge is 0.131 e. The van der Waals surface area contributed by atoms with Crippen LogP contribution in [0, 0.1) is 23.4 Å². The first-order chi connectivity index (χ1) is 8.59. The van der Waals surface area contributed by atoms with Crippen molar-refractivity contribution in [1.29, 1.82) is 5.41 Å². The fourth-order valence-corrected chi connectivity index (χ4v) is 1.71. The van der Waals surface area contributed by atoms with Crippen molar-refractivity contribution < 1.29 is 4.39 Å². The van der Waals surface area contributed by atoms with Gasteiger partial charge in [0.05, 0.1) is 5.84 Å². The lowest BCUT2D eigenvalue weighted by molar-refractivity contribution is 0.628. The number of benzene rings is 1.